The maximum absolute atomic E-state index is 5.55. The molecule has 1 saturated carbocycles. The summed E-state index contributed by atoms with van der Waals surface area (Å²) in [4.78, 5) is 0. The molecule has 0 aromatic heterocycles. The maximum Gasteiger partial charge on any atom is 0.0672 e. The van der Waals surface area contributed by atoms with Gasteiger partial charge in [-0.1, -0.05) is 14.8 Å². The normalized spacial score (nSPS) is 46.6. The third-order valence-electron chi connectivity index (χ3n) is 3.56. The molecule has 1 saturated heterocycles. The van der Waals surface area contributed by atoms with Gasteiger partial charge < -0.3 is 4.74 Å². The van der Waals surface area contributed by atoms with E-state index in [0.717, 1.165) is 5.66 Å². The molecule has 0 aromatic carbocycles. The Morgan fingerprint density at radius 3 is 2.45 bits per heavy atom. The molecule has 2 heteroatoms. The summed E-state index contributed by atoms with van der Waals surface area (Å²) >= 11 is 0. The fourth-order valence-electron chi connectivity index (χ4n) is 2.47. The highest BCUT2D eigenvalue weighted by Crippen LogP contribution is 2.72. The lowest BCUT2D eigenvalue weighted by atomic mass is 10.1. The minimum Gasteiger partial charge on any atom is -0.380 e. The molecule has 1 aliphatic carbocycles. The average Bonchev–Trinajstić information content (AvgIpc) is 2.74. The maximum atomic E-state index is 5.55. The van der Waals surface area contributed by atoms with Crippen LogP contribution in [-0.2, 0) is 4.74 Å². The Kier molecular flexibility index (Phi) is 1.77. The van der Waals surface area contributed by atoms with Crippen LogP contribution in [0.2, 0.25) is 0 Å². The van der Waals surface area contributed by atoms with E-state index in [1.807, 2.05) is 7.11 Å². The van der Waals surface area contributed by atoms with Crippen molar-refractivity contribution in [1.82, 2.24) is 0 Å². The first-order valence-electron chi connectivity index (χ1n) is 4.46. The first-order chi connectivity index (χ1) is 5.20. The van der Waals surface area contributed by atoms with Crippen LogP contribution in [0.15, 0.2) is 0 Å². The molecule has 1 nitrogen and oxygen atoms in total. The lowest BCUT2D eigenvalue weighted by Crippen LogP contribution is -2.21. The zero-order valence-electron chi connectivity index (χ0n) is 7.63. The van der Waals surface area contributed by atoms with Crippen molar-refractivity contribution in [3.05, 3.63) is 0 Å². The van der Waals surface area contributed by atoms with Gasteiger partial charge in [0.1, 0.15) is 0 Å². The number of rotatable bonds is 1. The topological polar surface area (TPSA) is 9.23 Å². The molecule has 0 bridgehead atoms. The Balaban J connectivity index is 2.15. The zero-order valence-corrected chi connectivity index (χ0v) is 8.53. The first-order valence-corrected chi connectivity index (χ1v) is 6.32. The molecule has 0 aromatic rings. The van der Waals surface area contributed by atoms with Crippen LogP contribution in [0.1, 0.15) is 26.2 Å². The predicted molar refractivity (Wildman–Crippen MR) is 49.7 cm³/mol. The monoisotopic (exact) mass is 172 g/mol. The highest BCUT2D eigenvalue weighted by atomic mass is 31.1. The van der Waals surface area contributed by atoms with E-state index in [4.69, 9.17) is 4.74 Å². The van der Waals surface area contributed by atoms with Crippen LogP contribution < -0.4 is 0 Å². The molecule has 1 spiro atoms. The molecule has 3 atom stereocenters. The summed E-state index contributed by atoms with van der Waals surface area (Å²) in [6.07, 6.45) is 4.81. The summed E-state index contributed by atoms with van der Waals surface area (Å²) in [6.45, 7) is 4.86. The minimum absolute atomic E-state index is 0.271. The van der Waals surface area contributed by atoms with Crippen LogP contribution in [0.25, 0.3) is 0 Å². The number of ether oxygens (including phenoxy) is 1. The quantitative estimate of drug-likeness (QED) is 0.552. The van der Waals surface area contributed by atoms with E-state index in [-0.39, 0.29) is 7.92 Å². The Morgan fingerprint density at radius 1 is 1.45 bits per heavy atom. The molecule has 2 aliphatic rings. The summed E-state index contributed by atoms with van der Waals surface area (Å²) < 4.78 is 5.55. The van der Waals surface area contributed by atoms with Crippen LogP contribution in [0.4, 0.5) is 0 Å². The fraction of sp³-hybridized carbons (Fsp3) is 1.00. The molecular formula is C9H17OP. The summed E-state index contributed by atoms with van der Waals surface area (Å²) in [5.41, 5.74) is 0.942. The summed E-state index contributed by atoms with van der Waals surface area (Å²) in [5, 5.41) is 0.684. The molecule has 0 radical (unpaired) electrons. The van der Waals surface area contributed by atoms with Gasteiger partial charge in [0.25, 0.3) is 0 Å². The van der Waals surface area contributed by atoms with Gasteiger partial charge in [0, 0.05) is 12.3 Å². The van der Waals surface area contributed by atoms with E-state index in [9.17, 15) is 0 Å². The zero-order chi connectivity index (χ0) is 8.06. The van der Waals surface area contributed by atoms with Crippen LogP contribution in [0.5, 0.6) is 0 Å². The number of hydrogen-bond donors (Lipinski definition) is 0. The van der Waals surface area contributed by atoms with Gasteiger partial charge in [-0.3, -0.25) is 0 Å². The standard InChI is InChI=1S/C9H17OP/c1-7-6-8(10-2)9(4-5-9)11(7)3/h7-8H,4-6H2,1-3H3/t7-,8-,11?/m0/s1. The van der Waals surface area contributed by atoms with E-state index in [1.165, 1.54) is 19.3 Å². The molecule has 0 amide bonds. The van der Waals surface area contributed by atoms with Gasteiger partial charge >= 0.3 is 0 Å². The molecule has 64 valence electrons. The number of methoxy groups -OCH3 is 1. The first kappa shape index (κ1) is 8.01. The van der Waals surface area contributed by atoms with Gasteiger partial charge in [0.2, 0.25) is 0 Å². The van der Waals surface area contributed by atoms with E-state index >= 15 is 0 Å². The van der Waals surface area contributed by atoms with E-state index in [2.05, 4.69) is 13.6 Å². The van der Waals surface area contributed by atoms with Crippen LogP contribution in [0.3, 0.4) is 0 Å². The number of hydrogen-bond acceptors (Lipinski definition) is 1. The van der Waals surface area contributed by atoms with Gasteiger partial charge in [-0.2, -0.15) is 0 Å². The molecule has 1 unspecified atom stereocenters. The average molecular weight is 172 g/mol. The molecule has 1 aliphatic heterocycles. The molecule has 11 heavy (non-hydrogen) atoms. The van der Waals surface area contributed by atoms with Crippen molar-refractivity contribution in [2.24, 2.45) is 0 Å². The molecular weight excluding hydrogens is 155 g/mol. The fourth-order valence-corrected chi connectivity index (χ4v) is 5.34. The van der Waals surface area contributed by atoms with Crippen molar-refractivity contribution < 1.29 is 4.74 Å². The highest BCUT2D eigenvalue weighted by Gasteiger charge is 2.59. The molecule has 1 heterocycles. The molecule has 0 N–H and O–H groups in total. The Bertz CT molecular complexity index is 165. The van der Waals surface area contributed by atoms with Crippen molar-refractivity contribution >= 4 is 7.92 Å². The molecule has 2 fully saturated rings. The summed E-state index contributed by atoms with van der Waals surface area (Å²) in [6, 6.07) is 0. The van der Waals surface area contributed by atoms with Gasteiger partial charge in [-0.15, -0.1) is 0 Å². The van der Waals surface area contributed by atoms with E-state index in [0.29, 0.717) is 11.3 Å². The van der Waals surface area contributed by atoms with Gasteiger partial charge in [0.15, 0.2) is 0 Å². The second-order valence-electron chi connectivity index (χ2n) is 4.02. The lowest BCUT2D eigenvalue weighted by molar-refractivity contribution is 0.0948. The van der Waals surface area contributed by atoms with Crippen molar-refractivity contribution in [1.29, 1.82) is 0 Å². The largest absolute Gasteiger partial charge is 0.380 e. The summed E-state index contributed by atoms with van der Waals surface area (Å²) in [7, 11) is 2.15. The van der Waals surface area contributed by atoms with Crippen LogP contribution in [0, 0.1) is 0 Å². The van der Waals surface area contributed by atoms with Gasteiger partial charge in [-0.25, -0.2) is 0 Å². The predicted octanol–water partition coefficient (Wildman–Crippen LogP) is 2.44. The highest BCUT2D eigenvalue weighted by molar-refractivity contribution is 7.60. The van der Waals surface area contributed by atoms with Crippen LogP contribution >= 0.6 is 7.92 Å². The van der Waals surface area contributed by atoms with Crippen LogP contribution in [-0.4, -0.2) is 30.7 Å². The van der Waals surface area contributed by atoms with Crippen molar-refractivity contribution in [2.75, 3.05) is 13.8 Å². The Morgan fingerprint density at radius 2 is 2.09 bits per heavy atom. The van der Waals surface area contributed by atoms with Crippen molar-refractivity contribution in [2.45, 2.75) is 43.1 Å². The van der Waals surface area contributed by atoms with Crippen molar-refractivity contribution in [3.63, 3.8) is 0 Å². The van der Waals surface area contributed by atoms with Gasteiger partial charge in [-0.05, 0) is 31.6 Å². The Labute approximate surface area is 70.3 Å². The van der Waals surface area contributed by atoms with E-state index < -0.39 is 0 Å². The van der Waals surface area contributed by atoms with E-state index in [1.54, 1.807) is 0 Å². The SMILES string of the molecule is CO[C@H]1C[C@H](C)P(C)C12CC2. The summed E-state index contributed by atoms with van der Waals surface area (Å²) in [5.74, 6) is 0. The lowest BCUT2D eigenvalue weighted by Gasteiger charge is -2.21. The molecule has 2 rings (SSSR count). The minimum atomic E-state index is 0.271. The smallest absolute Gasteiger partial charge is 0.0672 e. The van der Waals surface area contributed by atoms with Gasteiger partial charge in [0.05, 0.1) is 6.10 Å². The second-order valence-corrected chi connectivity index (χ2v) is 7.02. The third-order valence-corrected chi connectivity index (χ3v) is 7.24. The van der Waals surface area contributed by atoms with Crippen molar-refractivity contribution in [3.8, 4) is 0 Å². The second kappa shape index (κ2) is 2.44. The third kappa shape index (κ3) is 0.975. The Hall–Kier alpha value is 0.390.